The van der Waals surface area contributed by atoms with Crippen molar-refractivity contribution in [2.24, 2.45) is 0 Å². The molecule has 276 valence electrons. The van der Waals surface area contributed by atoms with Crippen molar-refractivity contribution < 1.29 is 74.6 Å². The standard InChI is InChI=1S/C32H23F11O6S2/c1-46-22-11-8-18(9-12-22)28(47-2,48-3)19-10-13-27-25(14-19)24-6-4-5-7-26(24)50(27,23-16-20(33)15-21(34)17-23)49-51(44,45)32(42,43)30(37,38)29(35,36)31(39,40)41/h4-17H,1-3H3. The fourth-order valence-corrected chi connectivity index (χ4v) is 11.1. The van der Waals surface area contributed by atoms with E-state index >= 15 is 8.78 Å². The van der Waals surface area contributed by atoms with Crippen molar-refractivity contribution in [1.29, 1.82) is 0 Å². The predicted molar refractivity (Wildman–Crippen MR) is 159 cm³/mol. The van der Waals surface area contributed by atoms with Crippen LogP contribution < -0.4 is 4.74 Å². The third kappa shape index (κ3) is 5.64. The minimum Gasteiger partial charge on any atom is -0.497 e. The van der Waals surface area contributed by atoms with Crippen molar-refractivity contribution in [2.45, 2.75) is 43.7 Å². The molecule has 0 amide bonds. The maximum absolute atomic E-state index is 15.2. The second-order valence-electron chi connectivity index (χ2n) is 10.8. The molecule has 4 aromatic carbocycles. The van der Waals surface area contributed by atoms with Crippen LogP contribution >= 0.6 is 10.3 Å². The lowest BCUT2D eigenvalue weighted by Gasteiger charge is -2.39. The van der Waals surface area contributed by atoms with Gasteiger partial charge in [-0.1, -0.05) is 24.3 Å². The third-order valence-electron chi connectivity index (χ3n) is 7.99. The van der Waals surface area contributed by atoms with Crippen molar-refractivity contribution in [3.05, 3.63) is 108 Å². The molecule has 0 aromatic heterocycles. The number of rotatable bonds is 11. The Labute approximate surface area is 284 Å². The van der Waals surface area contributed by atoms with Crippen molar-refractivity contribution >= 4 is 20.4 Å². The SMILES string of the molecule is COc1ccc(C(OC)(OC)c2ccc3c(c2)-c2ccccc2S3(OS(=O)(=O)C(F)(F)C(F)(F)C(F)(F)C(F)(F)F)c2cc(F)cc(F)c2)cc1. The summed E-state index contributed by atoms with van der Waals surface area (Å²) in [6.07, 6.45) is -7.35. The van der Waals surface area contributed by atoms with Crippen LogP contribution in [0.4, 0.5) is 48.3 Å². The highest BCUT2D eigenvalue weighted by Crippen LogP contribution is 2.78. The molecule has 1 heterocycles. The Hall–Kier alpha value is -3.91. The van der Waals surface area contributed by atoms with E-state index < -0.39 is 75.8 Å². The van der Waals surface area contributed by atoms with Crippen LogP contribution in [-0.2, 0) is 29.0 Å². The minimum absolute atomic E-state index is 0.0873. The average Bonchev–Trinajstić information content (AvgIpc) is 3.34. The zero-order chi connectivity index (χ0) is 38.0. The lowest BCUT2D eigenvalue weighted by molar-refractivity contribution is -0.382. The fraction of sp³-hybridized carbons (Fsp3) is 0.250. The number of hydrogen-bond acceptors (Lipinski definition) is 6. The van der Waals surface area contributed by atoms with Gasteiger partial charge in [-0.2, -0.15) is 47.9 Å². The minimum atomic E-state index is -7.65. The monoisotopic (exact) mass is 776 g/mol. The number of methoxy groups -OCH3 is 3. The molecule has 5 rings (SSSR count). The molecular weight excluding hydrogens is 753 g/mol. The van der Waals surface area contributed by atoms with E-state index in [2.05, 4.69) is 0 Å². The Balaban J connectivity index is 1.82. The van der Waals surface area contributed by atoms with Gasteiger partial charge in [-0.05, 0) is 76.0 Å². The summed E-state index contributed by atoms with van der Waals surface area (Å²) in [5, 5.41) is -7.28. The first-order valence-corrected chi connectivity index (χ1v) is 17.0. The smallest absolute Gasteiger partial charge is 0.460 e. The summed E-state index contributed by atoms with van der Waals surface area (Å²) in [6, 6.07) is 15.6. The van der Waals surface area contributed by atoms with Crippen molar-refractivity contribution in [2.75, 3.05) is 21.3 Å². The van der Waals surface area contributed by atoms with Crippen LogP contribution in [-0.4, -0.2) is 53.0 Å². The van der Waals surface area contributed by atoms with Crippen LogP contribution in [0, 0.1) is 11.6 Å². The summed E-state index contributed by atoms with van der Waals surface area (Å²) < 4.78 is 203. The molecule has 0 aliphatic carbocycles. The number of alkyl halides is 9. The molecule has 1 unspecified atom stereocenters. The van der Waals surface area contributed by atoms with E-state index in [9.17, 15) is 47.9 Å². The first-order valence-electron chi connectivity index (χ1n) is 14.0. The molecule has 0 fully saturated rings. The molecule has 51 heavy (non-hydrogen) atoms. The highest BCUT2D eigenvalue weighted by molar-refractivity contribution is 8.33. The van der Waals surface area contributed by atoms with Gasteiger partial charge in [0, 0.05) is 46.1 Å². The highest BCUT2D eigenvalue weighted by Gasteiger charge is 2.86. The van der Waals surface area contributed by atoms with E-state index in [1.165, 1.54) is 51.7 Å². The van der Waals surface area contributed by atoms with Crippen LogP contribution in [0.3, 0.4) is 0 Å². The van der Waals surface area contributed by atoms with Gasteiger partial charge in [-0.15, -0.1) is 0 Å². The van der Waals surface area contributed by atoms with Gasteiger partial charge in [-0.25, -0.2) is 12.4 Å². The molecule has 0 saturated carbocycles. The zero-order valence-corrected chi connectivity index (χ0v) is 27.6. The molecule has 19 heteroatoms. The van der Waals surface area contributed by atoms with Gasteiger partial charge in [0.1, 0.15) is 17.4 Å². The van der Waals surface area contributed by atoms with Crippen molar-refractivity contribution in [3.63, 3.8) is 0 Å². The van der Waals surface area contributed by atoms with E-state index in [1.54, 1.807) is 24.3 Å². The van der Waals surface area contributed by atoms with Gasteiger partial charge in [0.15, 0.2) is 0 Å². The number of halogens is 11. The first-order chi connectivity index (χ1) is 23.6. The van der Waals surface area contributed by atoms with Gasteiger partial charge in [0.2, 0.25) is 5.79 Å². The van der Waals surface area contributed by atoms with E-state index in [1.807, 2.05) is 0 Å². The maximum atomic E-state index is 15.2. The van der Waals surface area contributed by atoms with Crippen LogP contribution in [0.25, 0.3) is 11.1 Å². The summed E-state index contributed by atoms with van der Waals surface area (Å²) in [7, 11) is -8.33. The molecule has 0 spiro atoms. The van der Waals surface area contributed by atoms with Gasteiger partial charge in [0.25, 0.3) is 0 Å². The fourth-order valence-electron chi connectivity index (χ4n) is 5.54. The Bertz CT molecular complexity index is 2050. The Morgan fingerprint density at radius 3 is 1.67 bits per heavy atom. The maximum Gasteiger partial charge on any atom is 0.460 e. The van der Waals surface area contributed by atoms with Crippen LogP contribution in [0.15, 0.2) is 99.6 Å². The van der Waals surface area contributed by atoms with E-state index in [0.717, 1.165) is 12.1 Å². The van der Waals surface area contributed by atoms with Gasteiger partial charge >= 0.3 is 33.4 Å². The van der Waals surface area contributed by atoms with E-state index in [-0.39, 0.29) is 22.8 Å². The largest absolute Gasteiger partial charge is 0.497 e. The molecule has 0 radical (unpaired) electrons. The normalized spacial score (nSPS) is 18.2. The molecule has 0 N–H and O–H groups in total. The van der Waals surface area contributed by atoms with Crippen molar-refractivity contribution in [1.82, 2.24) is 0 Å². The van der Waals surface area contributed by atoms with E-state index in [0.29, 0.717) is 23.4 Å². The summed E-state index contributed by atoms with van der Waals surface area (Å²) in [5.41, 5.74) is 0.254. The summed E-state index contributed by atoms with van der Waals surface area (Å²) in [4.78, 5) is -1.88. The lowest BCUT2D eigenvalue weighted by atomic mass is 9.93. The number of ether oxygens (including phenoxy) is 3. The highest BCUT2D eigenvalue weighted by atomic mass is 32.3. The topological polar surface area (TPSA) is 71.1 Å². The van der Waals surface area contributed by atoms with Gasteiger partial charge < -0.3 is 14.2 Å². The molecule has 1 atom stereocenters. The molecule has 6 nitrogen and oxygen atoms in total. The zero-order valence-electron chi connectivity index (χ0n) is 26.0. The second kappa shape index (κ2) is 12.6. The molecule has 1 aliphatic heterocycles. The number of benzene rings is 4. The lowest BCUT2D eigenvalue weighted by Crippen LogP contribution is -2.63. The van der Waals surface area contributed by atoms with Gasteiger partial charge in [-0.3, -0.25) is 0 Å². The van der Waals surface area contributed by atoms with E-state index in [4.69, 9.17) is 17.8 Å². The number of fused-ring (bicyclic) bond motifs is 3. The summed E-state index contributed by atoms with van der Waals surface area (Å²) in [5.74, 6) is -19.5. The summed E-state index contributed by atoms with van der Waals surface area (Å²) in [6.45, 7) is 0. The van der Waals surface area contributed by atoms with Gasteiger partial charge in [0.05, 0.1) is 7.11 Å². The molecule has 4 aromatic rings. The Morgan fingerprint density at radius 2 is 1.14 bits per heavy atom. The predicted octanol–water partition coefficient (Wildman–Crippen LogP) is 9.42. The van der Waals surface area contributed by atoms with Crippen molar-refractivity contribution in [3.8, 4) is 16.9 Å². The second-order valence-corrected chi connectivity index (χ2v) is 15.2. The third-order valence-corrected chi connectivity index (χ3v) is 13.3. The first kappa shape index (κ1) is 38.3. The molecule has 0 bridgehead atoms. The molecule has 1 aliphatic rings. The Kier molecular flexibility index (Phi) is 9.50. The number of hydrogen-bond donors (Lipinski definition) is 0. The quantitative estimate of drug-likeness (QED) is 0.112. The average molecular weight is 777 g/mol. The Morgan fingerprint density at radius 1 is 0.608 bits per heavy atom. The molecule has 0 saturated heterocycles. The van der Waals surface area contributed by atoms with Crippen LogP contribution in [0.5, 0.6) is 5.75 Å². The van der Waals surface area contributed by atoms with Crippen LogP contribution in [0.1, 0.15) is 11.1 Å². The van der Waals surface area contributed by atoms with Crippen LogP contribution in [0.2, 0.25) is 0 Å². The summed E-state index contributed by atoms with van der Waals surface area (Å²) >= 11 is 0. The molecular formula is C32H23F11O6S2.